The normalized spacial score (nSPS) is 19.0. The number of pyridine rings is 1. The van der Waals surface area contributed by atoms with Crippen LogP contribution < -0.4 is 0 Å². The van der Waals surface area contributed by atoms with Gasteiger partial charge in [-0.2, -0.15) is 0 Å². The van der Waals surface area contributed by atoms with Gasteiger partial charge in [-0.15, -0.1) is 0 Å². The van der Waals surface area contributed by atoms with Crippen molar-refractivity contribution in [3.8, 4) is 11.3 Å². The third kappa shape index (κ3) is 3.73. The molecule has 1 aliphatic heterocycles. The van der Waals surface area contributed by atoms with Crippen LogP contribution in [-0.4, -0.2) is 57.1 Å². The summed E-state index contributed by atoms with van der Waals surface area (Å²) < 4.78 is 19.5. The fourth-order valence-electron chi connectivity index (χ4n) is 4.63. The van der Waals surface area contributed by atoms with Crippen molar-refractivity contribution in [2.75, 3.05) is 19.6 Å². The van der Waals surface area contributed by atoms with Gasteiger partial charge in [-0.1, -0.05) is 6.92 Å². The number of benzene rings is 1. The Morgan fingerprint density at radius 1 is 1.09 bits per heavy atom. The summed E-state index contributed by atoms with van der Waals surface area (Å²) in [6.07, 6.45) is 1.05. The van der Waals surface area contributed by atoms with Gasteiger partial charge in [0.15, 0.2) is 11.3 Å². The Hall–Kier alpha value is -3.42. The Balaban J connectivity index is 1.54. The summed E-state index contributed by atoms with van der Waals surface area (Å²) in [7, 11) is 0. The van der Waals surface area contributed by atoms with Gasteiger partial charge >= 0.3 is 6.09 Å². The highest BCUT2D eigenvalue weighted by molar-refractivity contribution is 5.97. The van der Waals surface area contributed by atoms with Gasteiger partial charge in [0.05, 0.1) is 11.2 Å². The quantitative estimate of drug-likeness (QED) is 0.612. The molecule has 5 rings (SSSR count). The summed E-state index contributed by atoms with van der Waals surface area (Å²) in [5.41, 5.74) is 2.98. The SMILES string of the molecule is CC1(c2cc(-c3ccc(F)cc3)nc3cc(C(=O)N4CCN(C(=O)O)CC4(C)C)oc23)CC1. The van der Waals surface area contributed by atoms with E-state index < -0.39 is 11.6 Å². The fraction of sp³-hybridized carbons (Fsp3) is 0.400. The molecule has 8 heteroatoms. The molecular formula is C25H26FN3O4. The molecule has 0 unspecified atom stereocenters. The molecule has 3 aromatic rings. The molecule has 0 bridgehead atoms. The third-order valence-electron chi connectivity index (χ3n) is 6.90. The first-order chi connectivity index (χ1) is 15.6. The second-order valence-electron chi connectivity index (χ2n) is 9.92. The first-order valence-electron chi connectivity index (χ1n) is 11.1. The van der Waals surface area contributed by atoms with E-state index in [9.17, 15) is 19.1 Å². The standard InChI is InChI=1S/C25H26FN3O4/c1-24(2)14-28(23(31)32)10-11-29(24)22(30)20-13-19-21(33-20)17(25(3)8-9-25)12-18(27-19)15-4-6-16(26)7-5-15/h4-7,12-13H,8-11,14H2,1-3H3,(H,31,32). The Morgan fingerprint density at radius 2 is 1.79 bits per heavy atom. The molecule has 2 aromatic heterocycles. The molecule has 33 heavy (non-hydrogen) atoms. The van der Waals surface area contributed by atoms with Crippen LogP contribution in [0.25, 0.3) is 22.4 Å². The largest absolute Gasteiger partial charge is 0.465 e. The number of furan rings is 1. The number of aromatic nitrogens is 1. The van der Waals surface area contributed by atoms with Crippen LogP contribution in [-0.2, 0) is 5.41 Å². The predicted octanol–water partition coefficient (Wildman–Crippen LogP) is 4.90. The van der Waals surface area contributed by atoms with E-state index in [1.165, 1.54) is 17.0 Å². The molecule has 172 valence electrons. The second-order valence-corrected chi connectivity index (χ2v) is 9.92. The zero-order chi connectivity index (χ0) is 23.5. The molecule has 0 spiro atoms. The topological polar surface area (TPSA) is 86.9 Å². The minimum atomic E-state index is -0.987. The number of carbonyl (C=O) groups is 2. The number of halogens is 1. The maximum Gasteiger partial charge on any atom is 0.407 e. The number of amides is 2. The molecule has 1 saturated heterocycles. The third-order valence-corrected chi connectivity index (χ3v) is 6.90. The molecule has 2 fully saturated rings. The van der Waals surface area contributed by atoms with Gasteiger partial charge in [0.25, 0.3) is 5.91 Å². The minimum absolute atomic E-state index is 0.0411. The molecule has 1 aromatic carbocycles. The van der Waals surface area contributed by atoms with E-state index in [-0.39, 0.29) is 42.5 Å². The van der Waals surface area contributed by atoms with Crippen LogP contribution in [0.15, 0.2) is 40.8 Å². The Kier molecular flexibility index (Phi) is 4.74. The van der Waals surface area contributed by atoms with Crippen molar-refractivity contribution in [3.63, 3.8) is 0 Å². The summed E-state index contributed by atoms with van der Waals surface area (Å²) >= 11 is 0. The van der Waals surface area contributed by atoms with Gasteiger partial charge in [0, 0.05) is 36.8 Å². The molecule has 0 radical (unpaired) electrons. The highest BCUT2D eigenvalue weighted by Gasteiger charge is 2.43. The van der Waals surface area contributed by atoms with E-state index in [0.717, 1.165) is 24.0 Å². The second kappa shape index (κ2) is 7.30. The lowest BCUT2D eigenvalue weighted by atomic mass is 9.96. The molecule has 0 atom stereocenters. The predicted molar refractivity (Wildman–Crippen MR) is 121 cm³/mol. The number of carboxylic acid groups (broad SMARTS) is 1. The number of piperazine rings is 1. The summed E-state index contributed by atoms with van der Waals surface area (Å²) in [4.78, 5) is 32.5. The van der Waals surface area contributed by atoms with Gasteiger partial charge < -0.3 is 19.3 Å². The van der Waals surface area contributed by atoms with Gasteiger partial charge in [0.1, 0.15) is 11.3 Å². The van der Waals surface area contributed by atoms with Crippen molar-refractivity contribution in [1.82, 2.24) is 14.8 Å². The van der Waals surface area contributed by atoms with E-state index in [1.54, 1.807) is 23.1 Å². The molecule has 2 aliphatic rings. The van der Waals surface area contributed by atoms with E-state index >= 15 is 0 Å². The first-order valence-corrected chi connectivity index (χ1v) is 11.1. The molecule has 3 heterocycles. The zero-order valence-corrected chi connectivity index (χ0v) is 18.9. The molecule has 1 saturated carbocycles. The summed E-state index contributed by atoms with van der Waals surface area (Å²) in [6.45, 7) is 6.63. The van der Waals surface area contributed by atoms with Crippen LogP contribution in [0.4, 0.5) is 9.18 Å². The molecule has 7 nitrogen and oxygen atoms in total. The average molecular weight is 451 g/mol. The van der Waals surface area contributed by atoms with Crippen LogP contribution >= 0.6 is 0 Å². The van der Waals surface area contributed by atoms with Crippen molar-refractivity contribution in [2.24, 2.45) is 0 Å². The van der Waals surface area contributed by atoms with Crippen LogP contribution in [0.5, 0.6) is 0 Å². The summed E-state index contributed by atoms with van der Waals surface area (Å²) in [5, 5.41) is 9.33. The number of hydrogen-bond donors (Lipinski definition) is 1. The Bertz CT molecular complexity index is 1260. The summed E-state index contributed by atoms with van der Waals surface area (Å²) in [5.74, 6) is -0.398. The van der Waals surface area contributed by atoms with Gasteiger partial charge in [-0.3, -0.25) is 4.79 Å². The minimum Gasteiger partial charge on any atom is -0.465 e. The average Bonchev–Trinajstić information content (AvgIpc) is 3.36. The lowest BCUT2D eigenvalue weighted by Crippen LogP contribution is -2.61. The molecule has 1 aliphatic carbocycles. The van der Waals surface area contributed by atoms with Crippen molar-refractivity contribution < 1.29 is 23.5 Å². The van der Waals surface area contributed by atoms with Crippen LogP contribution in [0.2, 0.25) is 0 Å². The lowest BCUT2D eigenvalue weighted by molar-refractivity contribution is 0.0179. The van der Waals surface area contributed by atoms with E-state index in [2.05, 4.69) is 6.92 Å². The van der Waals surface area contributed by atoms with Crippen molar-refractivity contribution in [3.05, 3.63) is 53.5 Å². The van der Waals surface area contributed by atoms with Crippen LogP contribution in [0, 0.1) is 5.82 Å². The van der Waals surface area contributed by atoms with Crippen LogP contribution in [0.1, 0.15) is 49.7 Å². The molecular weight excluding hydrogens is 425 g/mol. The molecule has 1 N–H and O–H groups in total. The summed E-state index contributed by atoms with van der Waals surface area (Å²) in [6, 6.07) is 9.85. The Morgan fingerprint density at radius 3 is 2.39 bits per heavy atom. The number of nitrogens with zero attached hydrogens (tertiary/aromatic N) is 3. The number of carbonyl (C=O) groups excluding carboxylic acids is 1. The van der Waals surface area contributed by atoms with Gasteiger partial charge in [-0.05, 0) is 62.4 Å². The van der Waals surface area contributed by atoms with E-state index in [0.29, 0.717) is 16.8 Å². The molecule has 2 amide bonds. The van der Waals surface area contributed by atoms with Crippen molar-refractivity contribution >= 4 is 23.1 Å². The highest BCUT2D eigenvalue weighted by atomic mass is 19.1. The fourth-order valence-corrected chi connectivity index (χ4v) is 4.63. The maximum atomic E-state index is 13.4. The maximum absolute atomic E-state index is 13.4. The van der Waals surface area contributed by atoms with Gasteiger partial charge in [0.2, 0.25) is 0 Å². The van der Waals surface area contributed by atoms with Gasteiger partial charge in [-0.25, -0.2) is 14.2 Å². The number of hydrogen-bond acceptors (Lipinski definition) is 4. The Labute approximate surface area is 190 Å². The zero-order valence-electron chi connectivity index (χ0n) is 18.9. The van der Waals surface area contributed by atoms with Crippen molar-refractivity contribution in [1.29, 1.82) is 0 Å². The van der Waals surface area contributed by atoms with Crippen LogP contribution in [0.3, 0.4) is 0 Å². The van der Waals surface area contributed by atoms with E-state index in [4.69, 9.17) is 9.40 Å². The van der Waals surface area contributed by atoms with E-state index in [1.807, 2.05) is 19.9 Å². The number of rotatable bonds is 3. The number of fused-ring (bicyclic) bond motifs is 1. The highest BCUT2D eigenvalue weighted by Crippen LogP contribution is 2.50. The first kappa shape index (κ1) is 21.4. The lowest BCUT2D eigenvalue weighted by Gasteiger charge is -2.45. The monoisotopic (exact) mass is 451 g/mol. The smallest absolute Gasteiger partial charge is 0.407 e. The van der Waals surface area contributed by atoms with Crippen molar-refractivity contribution in [2.45, 2.75) is 44.6 Å².